The van der Waals surface area contributed by atoms with Crippen LogP contribution in [0.2, 0.25) is 0 Å². The summed E-state index contributed by atoms with van der Waals surface area (Å²) in [5.41, 5.74) is -0.276. The van der Waals surface area contributed by atoms with Crippen LogP contribution in [0.25, 0.3) is 0 Å². The van der Waals surface area contributed by atoms with Gasteiger partial charge in [0.2, 0.25) is 10.0 Å². The summed E-state index contributed by atoms with van der Waals surface area (Å²) >= 11 is 0. The largest absolute Gasteiger partial charge is 0.300 e. The molecule has 5 heteroatoms. The van der Waals surface area contributed by atoms with E-state index in [1.165, 1.54) is 6.26 Å². The number of hydrogen-bond acceptors (Lipinski definition) is 3. The third-order valence-corrected chi connectivity index (χ3v) is 4.23. The molecular weight excluding hydrogens is 200 g/mol. The molecule has 1 fully saturated rings. The number of hydrogen-bond donors (Lipinski definition) is 0. The van der Waals surface area contributed by atoms with E-state index < -0.39 is 10.0 Å². The summed E-state index contributed by atoms with van der Waals surface area (Å²) in [6, 6.07) is 0. The molecule has 0 aliphatic carbocycles. The number of piperazine rings is 1. The zero-order valence-electron chi connectivity index (χ0n) is 9.45. The minimum Gasteiger partial charge on any atom is -0.300 e. The molecule has 0 N–H and O–H groups in total. The highest BCUT2D eigenvalue weighted by atomic mass is 32.2. The molecule has 1 aliphatic rings. The molecule has 0 bridgehead atoms. The number of likely N-dealkylation sites (N-methyl/N-ethyl adjacent to an activating group) is 1. The Morgan fingerprint density at radius 3 is 2.21 bits per heavy atom. The third-order valence-electron chi connectivity index (χ3n) is 2.75. The van der Waals surface area contributed by atoms with Crippen LogP contribution in [0.15, 0.2) is 0 Å². The van der Waals surface area contributed by atoms with Crippen LogP contribution in [0.4, 0.5) is 0 Å². The molecule has 0 spiro atoms. The van der Waals surface area contributed by atoms with E-state index in [9.17, 15) is 8.42 Å². The Morgan fingerprint density at radius 1 is 1.29 bits per heavy atom. The molecule has 14 heavy (non-hydrogen) atoms. The summed E-state index contributed by atoms with van der Waals surface area (Å²) < 4.78 is 24.6. The van der Waals surface area contributed by atoms with E-state index in [4.69, 9.17) is 0 Å². The van der Waals surface area contributed by atoms with Gasteiger partial charge in [0.1, 0.15) is 0 Å². The number of rotatable bonds is 2. The average molecular weight is 220 g/mol. The lowest BCUT2D eigenvalue weighted by Crippen LogP contribution is -2.60. The lowest BCUT2D eigenvalue weighted by molar-refractivity contribution is 0.0860. The Labute approximate surface area is 86.9 Å². The van der Waals surface area contributed by atoms with Crippen molar-refractivity contribution in [3.63, 3.8) is 0 Å². The van der Waals surface area contributed by atoms with Gasteiger partial charge in [-0.1, -0.05) is 6.92 Å². The van der Waals surface area contributed by atoms with Crippen LogP contribution >= 0.6 is 0 Å². The van der Waals surface area contributed by atoms with Gasteiger partial charge in [-0.25, -0.2) is 8.42 Å². The SMILES string of the molecule is CCN1CCN(S(C)(=O)=O)C(C)(C)C1. The summed E-state index contributed by atoms with van der Waals surface area (Å²) in [5.74, 6) is 0. The van der Waals surface area contributed by atoms with Crippen molar-refractivity contribution in [2.45, 2.75) is 26.3 Å². The molecule has 0 aromatic carbocycles. The Kier molecular flexibility index (Phi) is 3.23. The molecule has 1 saturated heterocycles. The maximum atomic E-state index is 11.5. The van der Waals surface area contributed by atoms with Crippen molar-refractivity contribution < 1.29 is 8.42 Å². The van der Waals surface area contributed by atoms with Crippen LogP contribution in [-0.2, 0) is 10.0 Å². The van der Waals surface area contributed by atoms with E-state index in [-0.39, 0.29) is 5.54 Å². The van der Waals surface area contributed by atoms with E-state index >= 15 is 0 Å². The summed E-state index contributed by atoms with van der Waals surface area (Å²) in [7, 11) is -3.06. The lowest BCUT2D eigenvalue weighted by Gasteiger charge is -2.45. The van der Waals surface area contributed by atoms with Gasteiger partial charge in [-0.3, -0.25) is 0 Å². The zero-order valence-corrected chi connectivity index (χ0v) is 10.3. The van der Waals surface area contributed by atoms with Crippen LogP contribution in [-0.4, -0.2) is 55.6 Å². The fraction of sp³-hybridized carbons (Fsp3) is 1.00. The number of sulfonamides is 1. The highest BCUT2D eigenvalue weighted by molar-refractivity contribution is 7.88. The maximum Gasteiger partial charge on any atom is 0.211 e. The fourth-order valence-electron chi connectivity index (χ4n) is 2.12. The highest BCUT2D eigenvalue weighted by Crippen LogP contribution is 2.23. The molecule has 0 aromatic rings. The first kappa shape index (κ1) is 11.9. The molecule has 84 valence electrons. The minimum absolute atomic E-state index is 0.276. The smallest absolute Gasteiger partial charge is 0.211 e. The molecule has 0 saturated carbocycles. The third kappa shape index (κ3) is 2.46. The highest BCUT2D eigenvalue weighted by Gasteiger charge is 2.38. The monoisotopic (exact) mass is 220 g/mol. The van der Waals surface area contributed by atoms with Gasteiger partial charge in [-0.15, -0.1) is 0 Å². The number of nitrogens with zero attached hydrogens (tertiary/aromatic N) is 2. The molecule has 4 nitrogen and oxygen atoms in total. The molecule has 1 heterocycles. The van der Waals surface area contributed by atoms with Gasteiger partial charge in [-0.05, 0) is 20.4 Å². The average Bonchev–Trinajstić information content (AvgIpc) is 1.99. The minimum atomic E-state index is -3.06. The van der Waals surface area contributed by atoms with Crippen LogP contribution in [0.5, 0.6) is 0 Å². The van der Waals surface area contributed by atoms with E-state index in [1.54, 1.807) is 4.31 Å². The molecule has 0 unspecified atom stereocenters. The summed E-state index contributed by atoms with van der Waals surface area (Å²) in [6.45, 7) is 9.32. The quantitative estimate of drug-likeness (QED) is 0.675. The van der Waals surface area contributed by atoms with Crippen LogP contribution in [0.3, 0.4) is 0 Å². The van der Waals surface area contributed by atoms with Crippen molar-refractivity contribution in [3.05, 3.63) is 0 Å². The predicted molar refractivity (Wildman–Crippen MR) is 57.7 cm³/mol. The van der Waals surface area contributed by atoms with Crippen molar-refractivity contribution in [2.75, 3.05) is 32.4 Å². The van der Waals surface area contributed by atoms with Crippen LogP contribution in [0, 0.1) is 0 Å². The van der Waals surface area contributed by atoms with Crippen molar-refractivity contribution >= 4 is 10.0 Å². The zero-order chi connectivity index (χ0) is 11.0. The molecular formula is C9H20N2O2S. The second-order valence-corrected chi connectivity index (χ2v) is 6.42. The fourth-order valence-corrected chi connectivity index (χ4v) is 3.49. The molecule has 1 rings (SSSR count). The van der Waals surface area contributed by atoms with Crippen molar-refractivity contribution in [1.29, 1.82) is 0 Å². The molecule has 1 aliphatic heterocycles. The molecule has 0 aromatic heterocycles. The van der Waals surface area contributed by atoms with E-state index in [1.807, 2.05) is 13.8 Å². The predicted octanol–water partition coefficient (Wildman–Crippen LogP) is 0.362. The van der Waals surface area contributed by atoms with Gasteiger partial charge in [0.15, 0.2) is 0 Å². The first-order valence-corrected chi connectivity index (χ1v) is 6.82. The van der Waals surface area contributed by atoms with E-state index in [0.29, 0.717) is 6.54 Å². The van der Waals surface area contributed by atoms with Crippen LogP contribution in [0.1, 0.15) is 20.8 Å². The summed E-state index contributed by atoms with van der Waals surface area (Å²) in [4.78, 5) is 2.28. The van der Waals surface area contributed by atoms with Gasteiger partial charge < -0.3 is 4.90 Å². The Bertz CT molecular complexity index is 298. The van der Waals surface area contributed by atoms with Gasteiger partial charge in [-0.2, -0.15) is 4.31 Å². The van der Waals surface area contributed by atoms with Crippen molar-refractivity contribution in [2.24, 2.45) is 0 Å². The molecule has 0 radical (unpaired) electrons. The maximum absolute atomic E-state index is 11.5. The van der Waals surface area contributed by atoms with Crippen LogP contribution < -0.4 is 0 Å². The first-order chi connectivity index (χ1) is 6.27. The van der Waals surface area contributed by atoms with E-state index in [2.05, 4.69) is 11.8 Å². The van der Waals surface area contributed by atoms with E-state index in [0.717, 1.165) is 19.6 Å². The first-order valence-electron chi connectivity index (χ1n) is 4.97. The summed E-state index contributed by atoms with van der Waals surface area (Å²) in [6.07, 6.45) is 1.29. The lowest BCUT2D eigenvalue weighted by atomic mass is 10.0. The van der Waals surface area contributed by atoms with Gasteiger partial charge in [0.25, 0.3) is 0 Å². The normalized spacial score (nSPS) is 25.1. The Morgan fingerprint density at radius 2 is 1.86 bits per heavy atom. The second kappa shape index (κ2) is 3.79. The second-order valence-electron chi connectivity index (χ2n) is 4.52. The summed E-state index contributed by atoms with van der Waals surface area (Å²) in [5, 5.41) is 0. The van der Waals surface area contributed by atoms with Crippen molar-refractivity contribution in [3.8, 4) is 0 Å². The Balaban J connectivity index is 2.83. The van der Waals surface area contributed by atoms with Crippen molar-refractivity contribution in [1.82, 2.24) is 9.21 Å². The molecule has 0 amide bonds. The standard InChI is InChI=1S/C9H20N2O2S/c1-5-10-6-7-11(14(4,12)13)9(2,3)8-10/h5-8H2,1-4H3. The van der Waals surface area contributed by atoms with Gasteiger partial charge >= 0.3 is 0 Å². The Hall–Kier alpha value is -0.130. The molecule has 0 atom stereocenters. The van der Waals surface area contributed by atoms with Gasteiger partial charge in [0.05, 0.1) is 6.26 Å². The topological polar surface area (TPSA) is 40.6 Å². The van der Waals surface area contributed by atoms with Gasteiger partial charge in [0, 0.05) is 25.2 Å².